The first kappa shape index (κ1) is 12.5. The Morgan fingerprint density at radius 2 is 1.80 bits per heavy atom. The molecule has 1 heterocycles. The molecule has 0 saturated heterocycles. The van der Waals surface area contributed by atoms with E-state index in [9.17, 15) is 0 Å². The third-order valence-corrected chi connectivity index (χ3v) is 2.95. The first-order valence-corrected chi connectivity index (χ1v) is 6.61. The summed E-state index contributed by atoms with van der Waals surface area (Å²) in [5.74, 6) is 1.46. The number of hydrogen-bond donors (Lipinski definition) is 0. The fourth-order valence-electron chi connectivity index (χ4n) is 2.04. The van der Waals surface area contributed by atoms with Crippen molar-refractivity contribution in [2.75, 3.05) is 6.61 Å². The lowest BCUT2D eigenvalue weighted by atomic mass is 10.1. The summed E-state index contributed by atoms with van der Waals surface area (Å²) in [6, 6.07) is 17.7. The number of para-hydroxylation sites is 2. The molecule has 0 fully saturated rings. The Kier molecular flexibility index (Phi) is 3.50. The van der Waals surface area contributed by atoms with Gasteiger partial charge in [-0.15, -0.1) is 0 Å². The number of ether oxygens (including phenoxy) is 2. The van der Waals surface area contributed by atoms with Crippen molar-refractivity contribution in [1.82, 2.24) is 0 Å². The number of benzene rings is 2. The molecule has 0 aliphatic carbocycles. The van der Waals surface area contributed by atoms with Crippen molar-refractivity contribution in [2.45, 2.75) is 6.92 Å². The van der Waals surface area contributed by atoms with Gasteiger partial charge >= 0.3 is 0 Å². The Hall–Kier alpha value is -2.55. The standard InChI is InChI=1S/C17H15NO2/c1-2-19-12-16-17(18-13-8-4-3-5-9-13)14-10-6-7-11-15(14)20-16/h3-12H,2H2,1H3. The van der Waals surface area contributed by atoms with E-state index in [2.05, 4.69) is 4.99 Å². The van der Waals surface area contributed by atoms with Crippen LogP contribution in [0.1, 0.15) is 12.5 Å². The third-order valence-electron chi connectivity index (χ3n) is 2.95. The monoisotopic (exact) mass is 265 g/mol. The van der Waals surface area contributed by atoms with Crippen LogP contribution in [0.3, 0.4) is 0 Å². The maximum atomic E-state index is 5.80. The van der Waals surface area contributed by atoms with E-state index in [4.69, 9.17) is 9.47 Å². The minimum absolute atomic E-state index is 0.599. The molecule has 0 saturated carbocycles. The van der Waals surface area contributed by atoms with Crippen LogP contribution in [0.15, 0.2) is 71.6 Å². The van der Waals surface area contributed by atoms with Gasteiger partial charge in [0, 0.05) is 5.56 Å². The van der Waals surface area contributed by atoms with E-state index in [0.29, 0.717) is 12.4 Å². The lowest BCUT2D eigenvalue weighted by Crippen LogP contribution is -2.01. The highest BCUT2D eigenvalue weighted by Gasteiger charge is 2.25. The molecule has 3 heteroatoms. The van der Waals surface area contributed by atoms with E-state index < -0.39 is 0 Å². The number of nitrogens with zero attached hydrogens (tertiary/aromatic N) is 1. The molecule has 0 radical (unpaired) electrons. The van der Waals surface area contributed by atoms with Crippen LogP contribution in [0.2, 0.25) is 0 Å². The van der Waals surface area contributed by atoms with Crippen LogP contribution in [0.5, 0.6) is 5.75 Å². The third kappa shape index (κ3) is 2.43. The molecule has 0 amide bonds. The molecule has 0 aromatic heterocycles. The summed E-state index contributed by atoms with van der Waals surface area (Å²) in [6.45, 7) is 2.54. The number of allylic oxidation sites excluding steroid dienone is 1. The largest absolute Gasteiger partial charge is 0.498 e. The van der Waals surface area contributed by atoms with E-state index in [1.165, 1.54) is 0 Å². The first-order valence-electron chi connectivity index (χ1n) is 6.61. The summed E-state index contributed by atoms with van der Waals surface area (Å²) >= 11 is 0. The zero-order valence-corrected chi connectivity index (χ0v) is 11.2. The van der Waals surface area contributed by atoms with Crippen molar-refractivity contribution in [2.24, 2.45) is 4.99 Å². The SMILES string of the molecule is CCOC=C1Oc2ccccc2C1=Nc1ccccc1. The van der Waals surface area contributed by atoms with Crippen LogP contribution >= 0.6 is 0 Å². The predicted octanol–water partition coefficient (Wildman–Crippen LogP) is 4.08. The van der Waals surface area contributed by atoms with Gasteiger partial charge in [0.2, 0.25) is 0 Å². The zero-order valence-electron chi connectivity index (χ0n) is 11.2. The quantitative estimate of drug-likeness (QED) is 0.783. The molecule has 100 valence electrons. The van der Waals surface area contributed by atoms with Crippen LogP contribution in [-0.2, 0) is 4.74 Å². The number of fused-ring (bicyclic) bond motifs is 1. The average Bonchev–Trinajstić information content (AvgIpc) is 2.84. The maximum absolute atomic E-state index is 5.80. The molecule has 20 heavy (non-hydrogen) atoms. The van der Waals surface area contributed by atoms with Gasteiger partial charge in [0.25, 0.3) is 0 Å². The number of aliphatic imine (C=N–C) groups is 1. The van der Waals surface area contributed by atoms with Crippen molar-refractivity contribution in [3.63, 3.8) is 0 Å². The minimum Gasteiger partial charge on any atom is -0.498 e. The summed E-state index contributed by atoms with van der Waals surface area (Å²) in [7, 11) is 0. The van der Waals surface area contributed by atoms with E-state index in [1.54, 1.807) is 6.26 Å². The lowest BCUT2D eigenvalue weighted by molar-refractivity contribution is 0.255. The molecule has 0 atom stereocenters. The maximum Gasteiger partial charge on any atom is 0.188 e. The van der Waals surface area contributed by atoms with Crippen LogP contribution in [-0.4, -0.2) is 12.3 Å². The fraction of sp³-hybridized carbons (Fsp3) is 0.118. The Morgan fingerprint density at radius 1 is 1.05 bits per heavy atom. The summed E-state index contributed by atoms with van der Waals surface area (Å²) in [4.78, 5) is 4.68. The molecule has 0 bridgehead atoms. The lowest BCUT2D eigenvalue weighted by Gasteiger charge is -2.01. The number of rotatable bonds is 3. The Bertz CT molecular complexity index is 660. The molecule has 0 unspecified atom stereocenters. The average molecular weight is 265 g/mol. The van der Waals surface area contributed by atoms with E-state index in [0.717, 1.165) is 22.7 Å². The van der Waals surface area contributed by atoms with Gasteiger partial charge in [-0.25, -0.2) is 4.99 Å². The summed E-state index contributed by atoms with van der Waals surface area (Å²) in [6.07, 6.45) is 1.63. The predicted molar refractivity (Wildman–Crippen MR) is 79.4 cm³/mol. The molecule has 2 aromatic carbocycles. The summed E-state index contributed by atoms with van der Waals surface area (Å²) in [5, 5.41) is 0. The Balaban J connectivity index is 2.06. The molecular formula is C17H15NO2. The van der Waals surface area contributed by atoms with Crippen molar-refractivity contribution >= 4 is 11.4 Å². The van der Waals surface area contributed by atoms with E-state index in [1.807, 2.05) is 61.5 Å². The fourth-order valence-corrected chi connectivity index (χ4v) is 2.04. The zero-order chi connectivity index (χ0) is 13.8. The molecule has 1 aliphatic heterocycles. The van der Waals surface area contributed by atoms with Gasteiger partial charge in [-0.3, -0.25) is 0 Å². The van der Waals surface area contributed by atoms with Crippen molar-refractivity contribution in [1.29, 1.82) is 0 Å². The topological polar surface area (TPSA) is 30.8 Å². The normalized spacial score (nSPS) is 17.1. The second kappa shape index (κ2) is 5.61. The number of hydrogen-bond acceptors (Lipinski definition) is 3. The van der Waals surface area contributed by atoms with Crippen molar-refractivity contribution in [3.05, 3.63) is 72.2 Å². The van der Waals surface area contributed by atoms with Crippen LogP contribution in [0.25, 0.3) is 0 Å². The smallest absolute Gasteiger partial charge is 0.188 e. The second-order valence-corrected chi connectivity index (χ2v) is 4.33. The van der Waals surface area contributed by atoms with Gasteiger partial charge < -0.3 is 9.47 Å². The molecule has 1 aliphatic rings. The Morgan fingerprint density at radius 3 is 2.60 bits per heavy atom. The summed E-state index contributed by atoms with van der Waals surface area (Å²) < 4.78 is 11.1. The molecule has 0 spiro atoms. The molecule has 2 aromatic rings. The van der Waals surface area contributed by atoms with E-state index >= 15 is 0 Å². The molecule has 3 rings (SSSR count). The first-order chi connectivity index (χ1) is 9.88. The van der Waals surface area contributed by atoms with Crippen molar-refractivity contribution in [3.8, 4) is 5.75 Å². The van der Waals surface area contributed by atoms with Crippen LogP contribution in [0.4, 0.5) is 5.69 Å². The second-order valence-electron chi connectivity index (χ2n) is 4.33. The van der Waals surface area contributed by atoms with Gasteiger partial charge in [-0.1, -0.05) is 30.3 Å². The van der Waals surface area contributed by atoms with Gasteiger partial charge in [0.15, 0.2) is 5.76 Å². The highest BCUT2D eigenvalue weighted by molar-refractivity contribution is 6.16. The molecular weight excluding hydrogens is 250 g/mol. The molecule has 3 nitrogen and oxygen atoms in total. The van der Waals surface area contributed by atoms with Gasteiger partial charge in [0.05, 0.1) is 12.3 Å². The molecule has 0 N–H and O–H groups in total. The minimum atomic E-state index is 0.599. The van der Waals surface area contributed by atoms with Crippen LogP contribution in [0, 0.1) is 0 Å². The van der Waals surface area contributed by atoms with Crippen LogP contribution < -0.4 is 4.74 Å². The van der Waals surface area contributed by atoms with Crippen molar-refractivity contribution < 1.29 is 9.47 Å². The van der Waals surface area contributed by atoms with Gasteiger partial charge in [0.1, 0.15) is 17.7 Å². The van der Waals surface area contributed by atoms with Gasteiger partial charge in [-0.2, -0.15) is 0 Å². The highest BCUT2D eigenvalue weighted by Crippen LogP contribution is 2.32. The summed E-state index contributed by atoms with van der Waals surface area (Å²) in [5.41, 5.74) is 2.69. The highest BCUT2D eigenvalue weighted by atomic mass is 16.5. The van der Waals surface area contributed by atoms with E-state index in [-0.39, 0.29) is 0 Å². The Labute approximate surface area is 118 Å². The van der Waals surface area contributed by atoms with Gasteiger partial charge in [-0.05, 0) is 31.2 Å².